The summed E-state index contributed by atoms with van der Waals surface area (Å²) >= 11 is 0. The maximum atomic E-state index is 12.4. The molecule has 152 valence electrons. The second kappa shape index (κ2) is 8.08. The first-order valence-corrected chi connectivity index (χ1v) is 9.90. The number of nitrogens with zero attached hydrogens (tertiary/aromatic N) is 5. The highest BCUT2D eigenvalue weighted by molar-refractivity contribution is 5.74. The number of rotatable bonds is 6. The normalized spacial score (nSPS) is 15.1. The van der Waals surface area contributed by atoms with Gasteiger partial charge in [0.15, 0.2) is 11.2 Å². The zero-order valence-corrected chi connectivity index (χ0v) is 16.7. The van der Waals surface area contributed by atoms with E-state index in [2.05, 4.69) is 50.6 Å². The monoisotopic (exact) mass is 394 g/mol. The Labute approximate surface area is 168 Å². The number of H-pyrrole nitrogens is 1. The summed E-state index contributed by atoms with van der Waals surface area (Å²) in [4.78, 5) is 36.0. The Morgan fingerprint density at radius 1 is 1.14 bits per heavy atom. The lowest BCUT2D eigenvalue weighted by Gasteiger charge is -2.35. The molecule has 0 unspecified atom stereocenters. The molecule has 3 heterocycles. The summed E-state index contributed by atoms with van der Waals surface area (Å²) in [6, 6.07) is 10.5. The van der Waals surface area contributed by atoms with E-state index in [1.165, 1.54) is 10.1 Å². The van der Waals surface area contributed by atoms with Crippen molar-refractivity contribution in [3.8, 4) is 0 Å². The number of hydrogen-bond donors (Lipinski definition) is 1. The minimum Gasteiger partial charge on any atom is -0.340 e. The number of fused-ring (bicyclic) bond motifs is 1. The highest BCUT2D eigenvalue weighted by Gasteiger charge is 2.24. The van der Waals surface area contributed by atoms with Crippen molar-refractivity contribution in [2.24, 2.45) is 7.05 Å². The van der Waals surface area contributed by atoms with E-state index in [1.54, 1.807) is 13.1 Å². The van der Waals surface area contributed by atoms with Crippen molar-refractivity contribution in [3.05, 3.63) is 69.4 Å². The van der Waals surface area contributed by atoms with E-state index in [-0.39, 0.29) is 0 Å². The lowest BCUT2D eigenvalue weighted by molar-refractivity contribution is 0.259. The first kappa shape index (κ1) is 19.2. The molecule has 3 aromatic rings. The Bertz CT molecular complexity index is 1120. The molecule has 1 N–H and O–H groups in total. The van der Waals surface area contributed by atoms with Crippen LogP contribution in [0.15, 0.2) is 52.6 Å². The number of aromatic amines is 1. The maximum Gasteiger partial charge on any atom is 0.329 e. The number of allylic oxidation sites excluding steroid dienone is 1. The van der Waals surface area contributed by atoms with Crippen molar-refractivity contribution < 1.29 is 0 Å². The quantitative estimate of drug-likeness (QED) is 0.631. The van der Waals surface area contributed by atoms with Crippen LogP contribution in [0, 0.1) is 0 Å². The Kier molecular flexibility index (Phi) is 5.35. The van der Waals surface area contributed by atoms with E-state index in [0.717, 1.165) is 39.1 Å². The van der Waals surface area contributed by atoms with Crippen LogP contribution < -0.4 is 16.1 Å². The summed E-state index contributed by atoms with van der Waals surface area (Å²) in [5.41, 5.74) is 1.30. The van der Waals surface area contributed by atoms with Gasteiger partial charge in [0.05, 0.1) is 0 Å². The van der Waals surface area contributed by atoms with Crippen molar-refractivity contribution in [2.45, 2.75) is 13.0 Å². The lowest BCUT2D eigenvalue weighted by atomic mass is 10.1. The topological polar surface area (TPSA) is 79.2 Å². The second-order valence-electron chi connectivity index (χ2n) is 7.37. The van der Waals surface area contributed by atoms with Gasteiger partial charge in [-0.05, 0) is 12.0 Å². The largest absolute Gasteiger partial charge is 0.340 e. The molecule has 1 aliphatic rings. The van der Waals surface area contributed by atoms with Crippen LogP contribution in [0.3, 0.4) is 0 Å². The third-order valence-electron chi connectivity index (χ3n) is 5.51. The van der Waals surface area contributed by atoms with Gasteiger partial charge in [0.2, 0.25) is 5.95 Å². The average molecular weight is 394 g/mol. The summed E-state index contributed by atoms with van der Waals surface area (Å²) in [5, 5.41) is 0. The predicted molar refractivity (Wildman–Crippen MR) is 115 cm³/mol. The Hall–Kier alpha value is -3.13. The first-order valence-electron chi connectivity index (χ1n) is 9.90. The van der Waals surface area contributed by atoms with Gasteiger partial charge in [-0.2, -0.15) is 4.98 Å². The van der Waals surface area contributed by atoms with Crippen LogP contribution in [0.4, 0.5) is 5.95 Å². The molecule has 0 spiro atoms. The minimum absolute atomic E-state index is 0.405. The van der Waals surface area contributed by atoms with Gasteiger partial charge in [0.1, 0.15) is 0 Å². The van der Waals surface area contributed by atoms with Crippen LogP contribution in [0.25, 0.3) is 11.2 Å². The van der Waals surface area contributed by atoms with Crippen LogP contribution in [0.1, 0.15) is 5.56 Å². The third kappa shape index (κ3) is 3.75. The van der Waals surface area contributed by atoms with Gasteiger partial charge in [-0.15, -0.1) is 6.58 Å². The fourth-order valence-electron chi connectivity index (χ4n) is 3.87. The molecule has 0 atom stereocenters. The number of imidazole rings is 1. The van der Waals surface area contributed by atoms with Gasteiger partial charge in [0.25, 0.3) is 5.56 Å². The number of aromatic nitrogens is 4. The van der Waals surface area contributed by atoms with Gasteiger partial charge >= 0.3 is 5.69 Å². The molecule has 8 nitrogen and oxygen atoms in total. The highest BCUT2D eigenvalue weighted by atomic mass is 16.2. The van der Waals surface area contributed by atoms with E-state index < -0.39 is 11.2 Å². The van der Waals surface area contributed by atoms with E-state index in [4.69, 9.17) is 0 Å². The van der Waals surface area contributed by atoms with Crippen LogP contribution in [0.2, 0.25) is 0 Å². The molecule has 1 saturated heterocycles. The maximum absolute atomic E-state index is 12.4. The standard InChI is InChI=1S/C21H26N6O2/c1-3-10-27-17-18(24(2)21(29)23-19(17)28)22-20(27)26-14-12-25(13-15-26)11-9-16-7-5-4-6-8-16/h3-8H,1,9-15H2,2H3,(H,23,28,29). The van der Waals surface area contributed by atoms with Crippen LogP contribution in [0.5, 0.6) is 0 Å². The lowest BCUT2D eigenvalue weighted by Crippen LogP contribution is -2.47. The SMILES string of the molecule is C=CCn1c(N2CCN(CCc3ccccc3)CC2)nc2c1c(=O)[nH]c(=O)n2C. The molecule has 0 saturated carbocycles. The van der Waals surface area contributed by atoms with Crippen molar-refractivity contribution in [1.82, 2.24) is 24.0 Å². The number of anilines is 1. The molecule has 0 radical (unpaired) electrons. The second-order valence-corrected chi connectivity index (χ2v) is 7.37. The number of aryl methyl sites for hydroxylation is 1. The smallest absolute Gasteiger partial charge is 0.329 e. The van der Waals surface area contributed by atoms with Gasteiger partial charge in [0, 0.05) is 46.3 Å². The molecule has 1 fully saturated rings. The molecular formula is C21H26N6O2. The van der Waals surface area contributed by atoms with Crippen molar-refractivity contribution in [2.75, 3.05) is 37.6 Å². The summed E-state index contributed by atoms with van der Waals surface area (Å²) in [7, 11) is 1.62. The van der Waals surface area contributed by atoms with E-state index >= 15 is 0 Å². The van der Waals surface area contributed by atoms with Crippen molar-refractivity contribution >= 4 is 17.1 Å². The summed E-state index contributed by atoms with van der Waals surface area (Å²) < 4.78 is 3.23. The molecule has 1 aliphatic heterocycles. The number of nitrogens with one attached hydrogen (secondary N) is 1. The minimum atomic E-state index is -0.456. The highest BCUT2D eigenvalue weighted by Crippen LogP contribution is 2.21. The zero-order valence-electron chi connectivity index (χ0n) is 16.7. The molecule has 2 aromatic heterocycles. The van der Waals surface area contributed by atoms with E-state index in [9.17, 15) is 9.59 Å². The molecule has 1 aromatic carbocycles. The number of piperazine rings is 1. The Morgan fingerprint density at radius 2 is 1.86 bits per heavy atom. The van der Waals surface area contributed by atoms with Crippen molar-refractivity contribution in [1.29, 1.82) is 0 Å². The van der Waals surface area contributed by atoms with E-state index in [1.807, 2.05) is 10.6 Å². The van der Waals surface area contributed by atoms with Crippen LogP contribution >= 0.6 is 0 Å². The Morgan fingerprint density at radius 3 is 2.55 bits per heavy atom. The molecule has 8 heteroatoms. The number of hydrogen-bond acceptors (Lipinski definition) is 5. The van der Waals surface area contributed by atoms with Gasteiger partial charge in [-0.1, -0.05) is 36.4 Å². The summed E-state index contributed by atoms with van der Waals surface area (Å²) in [5.74, 6) is 0.717. The summed E-state index contributed by atoms with van der Waals surface area (Å²) in [6.45, 7) is 8.79. The number of benzene rings is 1. The van der Waals surface area contributed by atoms with Gasteiger partial charge in [-0.25, -0.2) is 4.79 Å². The molecule has 0 bridgehead atoms. The average Bonchev–Trinajstić information content (AvgIpc) is 3.12. The van der Waals surface area contributed by atoms with Gasteiger partial charge < -0.3 is 9.47 Å². The molecule has 0 amide bonds. The van der Waals surface area contributed by atoms with Crippen LogP contribution in [-0.2, 0) is 20.0 Å². The van der Waals surface area contributed by atoms with E-state index in [0.29, 0.717) is 23.7 Å². The third-order valence-corrected chi connectivity index (χ3v) is 5.51. The van der Waals surface area contributed by atoms with Gasteiger partial charge in [-0.3, -0.25) is 19.2 Å². The summed E-state index contributed by atoms with van der Waals surface area (Å²) in [6.07, 6.45) is 2.78. The fourth-order valence-corrected chi connectivity index (χ4v) is 3.87. The zero-order chi connectivity index (χ0) is 20.4. The molecule has 29 heavy (non-hydrogen) atoms. The molecular weight excluding hydrogens is 368 g/mol. The molecule has 0 aliphatic carbocycles. The fraction of sp³-hybridized carbons (Fsp3) is 0.381. The predicted octanol–water partition coefficient (Wildman–Crippen LogP) is 0.974. The molecule has 4 rings (SSSR count). The van der Waals surface area contributed by atoms with Crippen LogP contribution in [-0.4, -0.2) is 56.7 Å². The Balaban J connectivity index is 1.53. The first-order chi connectivity index (χ1) is 14.1. The van der Waals surface area contributed by atoms with Crippen molar-refractivity contribution in [3.63, 3.8) is 0 Å².